The minimum atomic E-state index is -0.501. The number of rotatable bonds is 5. The third-order valence-corrected chi connectivity index (χ3v) is 5.94. The summed E-state index contributed by atoms with van der Waals surface area (Å²) in [5, 5.41) is 21.0. The van der Waals surface area contributed by atoms with Gasteiger partial charge in [0, 0.05) is 24.2 Å². The van der Waals surface area contributed by atoms with Crippen LogP contribution >= 0.6 is 0 Å². The largest absolute Gasteiger partial charge is 0.493 e. The number of aromatic hydroxyl groups is 1. The van der Waals surface area contributed by atoms with Crippen LogP contribution in [0.3, 0.4) is 0 Å². The molecule has 3 aromatic heterocycles. The molecule has 5 rings (SSSR count). The summed E-state index contributed by atoms with van der Waals surface area (Å²) in [6.07, 6.45) is 8.56. The fraction of sp³-hybridized carbons (Fsp3) is 0.500. The smallest absolute Gasteiger partial charge is 0.326 e. The summed E-state index contributed by atoms with van der Waals surface area (Å²) in [5.41, 5.74) is 0.720. The number of amides is 1. The maximum absolute atomic E-state index is 11.9. The van der Waals surface area contributed by atoms with E-state index < -0.39 is 5.69 Å². The van der Waals surface area contributed by atoms with Gasteiger partial charge < -0.3 is 20.7 Å². The lowest BCUT2D eigenvalue weighted by molar-refractivity contribution is -0.125. The van der Waals surface area contributed by atoms with E-state index in [4.69, 9.17) is 0 Å². The Bertz CT molecular complexity index is 1330. The highest BCUT2D eigenvalue weighted by Crippen LogP contribution is 2.26. The number of H-pyrrole nitrogens is 2. The SMILES string of the molecule is CNC(=O)C1CCC(Nc2nc(=NC3CC3)n3ncc(=Cc4[nH]c(=O)[nH]c4O)c3n2)CC1. The molecular formula is C20H25N9O3. The molecule has 168 valence electrons. The minimum absolute atomic E-state index is 0.0501. The molecule has 12 heteroatoms. The zero-order chi connectivity index (χ0) is 22.2. The van der Waals surface area contributed by atoms with Gasteiger partial charge in [-0.1, -0.05) is 0 Å². The van der Waals surface area contributed by atoms with Gasteiger partial charge in [0.2, 0.25) is 17.7 Å². The zero-order valence-corrected chi connectivity index (χ0v) is 17.6. The fourth-order valence-electron chi connectivity index (χ4n) is 4.03. The van der Waals surface area contributed by atoms with Crippen molar-refractivity contribution in [1.29, 1.82) is 0 Å². The second-order valence-corrected chi connectivity index (χ2v) is 8.34. The third kappa shape index (κ3) is 4.07. The van der Waals surface area contributed by atoms with Crippen LogP contribution in [0.1, 0.15) is 44.2 Å². The summed E-state index contributed by atoms with van der Waals surface area (Å²) in [7, 11) is 1.67. The maximum Gasteiger partial charge on any atom is 0.326 e. The first-order valence-corrected chi connectivity index (χ1v) is 10.8. The summed E-state index contributed by atoms with van der Waals surface area (Å²) in [4.78, 5) is 42.1. The van der Waals surface area contributed by atoms with Crippen LogP contribution < -0.4 is 27.2 Å². The summed E-state index contributed by atoms with van der Waals surface area (Å²) >= 11 is 0. The lowest BCUT2D eigenvalue weighted by Gasteiger charge is -2.28. The number of hydrogen-bond donors (Lipinski definition) is 5. The molecule has 0 aliphatic heterocycles. The average molecular weight is 439 g/mol. The number of fused-ring (bicyclic) bond motifs is 1. The Kier molecular flexibility index (Phi) is 5.11. The van der Waals surface area contributed by atoms with Crippen molar-refractivity contribution in [3.8, 4) is 5.88 Å². The standard InChI is InChI=1S/C20H25N9O3/c1-21-16(30)10-2-4-12(5-3-10)23-18-26-15-11(8-14-17(31)27-20(32)25-14)9-22-29(15)19(28-18)24-13-6-7-13/h8-10,12-13,31H,2-7H2,1H3,(H,21,30)(H,23,24,28)(H2,25,27,32). The Morgan fingerprint density at radius 2 is 2.00 bits per heavy atom. The highest BCUT2D eigenvalue weighted by atomic mass is 16.3. The van der Waals surface area contributed by atoms with Gasteiger partial charge in [0.05, 0.1) is 12.2 Å². The Morgan fingerprint density at radius 3 is 2.66 bits per heavy atom. The van der Waals surface area contributed by atoms with Gasteiger partial charge in [0.15, 0.2) is 5.65 Å². The van der Waals surface area contributed by atoms with Gasteiger partial charge in [-0.2, -0.15) is 19.6 Å². The van der Waals surface area contributed by atoms with Crippen LogP contribution in [0.4, 0.5) is 5.95 Å². The molecule has 12 nitrogen and oxygen atoms in total. The number of hydrogen-bond acceptors (Lipinski definition) is 8. The van der Waals surface area contributed by atoms with Crippen molar-refractivity contribution in [3.05, 3.63) is 33.2 Å². The van der Waals surface area contributed by atoms with Crippen LogP contribution in [-0.4, -0.2) is 59.7 Å². The molecule has 5 N–H and O–H groups in total. The van der Waals surface area contributed by atoms with Gasteiger partial charge in [-0.3, -0.25) is 9.78 Å². The number of nitrogens with one attached hydrogen (secondary N) is 4. The van der Waals surface area contributed by atoms with Gasteiger partial charge in [-0.25, -0.2) is 9.79 Å². The second-order valence-electron chi connectivity index (χ2n) is 8.34. The summed E-state index contributed by atoms with van der Waals surface area (Å²) in [5.74, 6) is 0.339. The fourth-order valence-corrected chi connectivity index (χ4v) is 4.03. The third-order valence-electron chi connectivity index (χ3n) is 5.94. The van der Waals surface area contributed by atoms with Crippen molar-refractivity contribution < 1.29 is 9.90 Å². The Labute approximate surface area is 181 Å². The second kappa shape index (κ2) is 8.09. The number of imidazole rings is 1. The van der Waals surface area contributed by atoms with Gasteiger partial charge in [0.1, 0.15) is 5.69 Å². The van der Waals surface area contributed by atoms with Crippen LogP contribution in [0.5, 0.6) is 5.88 Å². The van der Waals surface area contributed by atoms with Gasteiger partial charge in [-0.15, -0.1) is 0 Å². The molecule has 0 aromatic carbocycles. The number of aromatic amines is 2. The molecule has 0 unspecified atom stereocenters. The van der Waals surface area contributed by atoms with Crippen molar-refractivity contribution in [3.63, 3.8) is 0 Å². The van der Waals surface area contributed by atoms with Crippen molar-refractivity contribution in [2.75, 3.05) is 12.4 Å². The van der Waals surface area contributed by atoms with Crippen LogP contribution in [-0.2, 0) is 4.79 Å². The predicted octanol–water partition coefficient (Wildman–Crippen LogP) is -0.826. The number of aromatic nitrogens is 6. The van der Waals surface area contributed by atoms with E-state index in [2.05, 4.69) is 40.7 Å². The van der Waals surface area contributed by atoms with Crippen LogP contribution in [0.25, 0.3) is 11.7 Å². The Balaban J connectivity index is 1.49. The van der Waals surface area contributed by atoms with Crippen molar-refractivity contribution in [2.24, 2.45) is 10.9 Å². The van der Waals surface area contributed by atoms with Crippen molar-refractivity contribution in [2.45, 2.75) is 50.6 Å². The molecule has 3 aromatic rings. The summed E-state index contributed by atoms with van der Waals surface area (Å²) in [6, 6.07) is 0.401. The van der Waals surface area contributed by atoms with Crippen LogP contribution in [0, 0.1) is 5.92 Å². The molecular weight excluding hydrogens is 414 g/mol. The zero-order valence-electron chi connectivity index (χ0n) is 17.6. The highest BCUT2D eigenvalue weighted by molar-refractivity contribution is 5.78. The maximum atomic E-state index is 11.9. The van der Waals surface area contributed by atoms with Crippen LogP contribution in [0.15, 0.2) is 16.0 Å². The lowest BCUT2D eigenvalue weighted by Crippen LogP contribution is -2.35. The number of carbonyl (C=O) groups is 1. The number of nitrogens with zero attached hydrogens (tertiary/aromatic N) is 5. The van der Waals surface area contributed by atoms with Crippen molar-refractivity contribution in [1.82, 2.24) is 34.9 Å². The van der Waals surface area contributed by atoms with E-state index in [0.29, 0.717) is 22.4 Å². The molecule has 0 radical (unpaired) electrons. The van der Waals surface area contributed by atoms with Gasteiger partial charge in [-0.05, 0) is 44.6 Å². The molecule has 0 atom stereocenters. The van der Waals surface area contributed by atoms with Gasteiger partial charge >= 0.3 is 5.69 Å². The van der Waals surface area contributed by atoms with Gasteiger partial charge in [0.25, 0.3) is 5.62 Å². The van der Waals surface area contributed by atoms with Crippen LogP contribution in [0.2, 0.25) is 0 Å². The highest BCUT2D eigenvalue weighted by Gasteiger charge is 2.26. The summed E-state index contributed by atoms with van der Waals surface area (Å²) < 4.78 is 1.57. The number of anilines is 1. The van der Waals surface area contributed by atoms with E-state index in [9.17, 15) is 14.7 Å². The summed E-state index contributed by atoms with van der Waals surface area (Å²) in [6.45, 7) is 0. The average Bonchev–Trinajstić information content (AvgIpc) is 3.42. The quantitative estimate of drug-likeness (QED) is 0.346. The molecule has 0 saturated heterocycles. The number of carbonyl (C=O) groups excluding carboxylic acids is 1. The first-order valence-electron chi connectivity index (χ1n) is 10.8. The van der Waals surface area contributed by atoms with E-state index in [1.807, 2.05) is 0 Å². The van der Waals surface area contributed by atoms with E-state index in [0.717, 1.165) is 38.5 Å². The molecule has 32 heavy (non-hydrogen) atoms. The monoisotopic (exact) mass is 439 g/mol. The minimum Gasteiger partial charge on any atom is -0.493 e. The molecule has 2 aliphatic carbocycles. The molecule has 2 saturated carbocycles. The topological polar surface area (TPSA) is 165 Å². The first-order chi connectivity index (χ1) is 15.5. The predicted molar refractivity (Wildman–Crippen MR) is 115 cm³/mol. The molecule has 2 aliphatic rings. The Morgan fingerprint density at radius 1 is 1.22 bits per heavy atom. The van der Waals surface area contributed by atoms with E-state index >= 15 is 0 Å². The molecule has 3 heterocycles. The van der Waals surface area contributed by atoms with Crippen molar-refractivity contribution >= 4 is 23.6 Å². The molecule has 0 bridgehead atoms. The van der Waals surface area contributed by atoms with E-state index in [1.54, 1.807) is 23.8 Å². The molecule has 2 fully saturated rings. The lowest BCUT2D eigenvalue weighted by atomic mass is 9.85. The van der Waals surface area contributed by atoms with E-state index in [1.165, 1.54) is 0 Å². The Hall–Kier alpha value is -3.70. The molecule has 1 amide bonds. The first kappa shape index (κ1) is 20.2. The van der Waals surface area contributed by atoms with E-state index in [-0.39, 0.29) is 35.5 Å². The molecule has 0 spiro atoms. The normalized spacial score (nSPS) is 22.4.